The second-order valence-electron chi connectivity index (χ2n) is 3.72. The molecule has 3 heteroatoms. The number of aryl methyl sites for hydroxylation is 1. The monoisotopic (exact) mass is 257 g/mol. The van der Waals surface area contributed by atoms with E-state index in [1.165, 1.54) is 0 Å². The third kappa shape index (κ3) is 3.90. The van der Waals surface area contributed by atoms with Crippen molar-refractivity contribution in [2.75, 3.05) is 7.05 Å². The zero-order valence-corrected chi connectivity index (χ0v) is 11.6. The predicted octanol–water partition coefficient (Wildman–Crippen LogP) is 3.06. The summed E-state index contributed by atoms with van der Waals surface area (Å²) in [5.74, 6) is 6.07. The number of carbonyl (C=O) groups is 1. The van der Waals surface area contributed by atoms with Crippen molar-refractivity contribution in [3.63, 3.8) is 0 Å². The molecule has 0 atom stereocenters. The van der Waals surface area contributed by atoms with E-state index in [1.54, 1.807) is 25.4 Å². The van der Waals surface area contributed by atoms with Crippen molar-refractivity contribution in [2.24, 2.45) is 4.99 Å². The number of rotatable bonds is 2. The summed E-state index contributed by atoms with van der Waals surface area (Å²) in [6.45, 7) is 3.87. The summed E-state index contributed by atoms with van der Waals surface area (Å²) in [5, 5.41) is -0.251. The Bertz CT molecular complexity index is 574. The van der Waals surface area contributed by atoms with E-state index >= 15 is 0 Å². The van der Waals surface area contributed by atoms with Crippen molar-refractivity contribution < 1.29 is 4.79 Å². The topological polar surface area (TPSA) is 29.4 Å². The highest BCUT2D eigenvalue weighted by molar-refractivity contribution is 7.97. The first-order valence-electron chi connectivity index (χ1n) is 5.53. The van der Waals surface area contributed by atoms with Crippen LogP contribution in [0.25, 0.3) is 0 Å². The zero-order valence-electron chi connectivity index (χ0n) is 10.7. The molecule has 1 rings (SSSR count). The van der Waals surface area contributed by atoms with Gasteiger partial charge >= 0.3 is 0 Å². The van der Waals surface area contributed by atoms with Crippen LogP contribution < -0.4 is 0 Å². The molecule has 0 unspecified atom stereocenters. The Kier molecular flexibility index (Phi) is 5.41. The Morgan fingerprint density at radius 1 is 1.44 bits per heavy atom. The Hall–Kier alpha value is -1.79. The van der Waals surface area contributed by atoms with Gasteiger partial charge in [0, 0.05) is 30.0 Å². The van der Waals surface area contributed by atoms with E-state index in [-0.39, 0.29) is 5.12 Å². The SMILES string of the molecule is C/C=C(/C#Cc1cc(C(=O)S)ccc1C)C=NC. The number of hydrogen-bond acceptors (Lipinski definition) is 2. The molecule has 0 aliphatic heterocycles. The van der Waals surface area contributed by atoms with Crippen LogP contribution in [-0.2, 0) is 0 Å². The van der Waals surface area contributed by atoms with Crippen molar-refractivity contribution in [3.05, 3.63) is 46.5 Å². The van der Waals surface area contributed by atoms with Gasteiger partial charge in [-0.2, -0.15) is 0 Å². The van der Waals surface area contributed by atoms with Gasteiger partial charge in [0.05, 0.1) is 0 Å². The van der Waals surface area contributed by atoms with Crippen LogP contribution in [0.4, 0.5) is 0 Å². The van der Waals surface area contributed by atoms with Crippen LogP contribution in [0, 0.1) is 18.8 Å². The minimum Gasteiger partial charge on any atom is -0.295 e. The van der Waals surface area contributed by atoms with Crippen LogP contribution in [0.3, 0.4) is 0 Å². The zero-order chi connectivity index (χ0) is 13.5. The molecule has 0 aliphatic rings. The van der Waals surface area contributed by atoms with Crippen molar-refractivity contribution >= 4 is 24.0 Å². The quantitative estimate of drug-likeness (QED) is 0.492. The standard InChI is InChI=1S/C15H15NOS/c1-4-12(10-16-3)6-8-13-9-14(15(17)18)7-5-11(13)2/h4-5,7,9-10H,1-3H3,(H,17,18)/b12-4-,16-10?. The van der Waals surface area contributed by atoms with E-state index in [2.05, 4.69) is 29.5 Å². The first-order chi connectivity index (χ1) is 8.58. The third-order valence-corrected chi connectivity index (χ3v) is 2.66. The van der Waals surface area contributed by atoms with Crippen LogP contribution in [-0.4, -0.2) is 18.4 Å². The lowest BCUT2D eigenvalue weighted by Gasteiger charge is -2.00. The Morgan fingerprint density at radius 3 is 2.72 bits per heavy atom. The van der Waals surface area contributed by atoms with Crippen LogP contribution in [0.5, 0.6) is 0 Å². The van der Waals surface area contributed by atoms with Crippen molar-refractivity contribution in [3.8, 4) is 11.8 Å². The first-order valence-corrected chi connectivity index (χ1v) is 5.97. The summed E-state index contributed by atoms with van der Waals surface area (Å²) < 4.78 is 0. The van der Waals surface area contributed by atoms with E-state index in [0.717, 1.165) is 16.7 Å². The normalized spacial score (nSPS) is 11.2. The maximum absolute atomic E-state index is 11.2. The molecular weight excluding hydrogens is 242 g/mol. The van der Waals surface area contributed by atoms with Gasteiger partial charge in [-0.25, -0.2) is 0 Å². The van der Waals surface area contributed by atoms with Gasteiger partial charge in [0.2, 0.25) is 5.12 Å². The second-order valence-corrected chi connectivity index (χ2v) is 4.12. The summed E-state index contributed by atoms with van der Waals surface area (Å²) in [5.41, 5.74) is 3.27. The fourth-order valence-electron chi connectivity index (χ4n) is 1.35. The average molecular weight is 257 g/mol. The average Bonchev–Trinajstić information content (AvgIpc) is 2.35. The number of aliphatic imine (C=N–C) groups is 1. The summed E-state index contributed by atoms with van der Waals surface area (Å²) in [6.07, 6.45) is 3.60. The Balaban J connectivity index is 3.15. The number of benzene rings is 1. The fraction of sp³-hybridized carbons (Fsp3) is 0.200. The molecule has 0 N–H and O–H groups in total. The third-order valence-electron chi connectivity index (χ3n) is 2.41. The van der Waals surface area contributed by atoms with Crippen molar-refractivity contribution in [2.45, 2.75) is 13.8 Å². The van der Waals surface area contributed by atoms with Gasteiger partial charge in [-0.3, -0.25) is 9.79 Å². The molecule has 0 spiro atoms. The van der Waals surface area contributed by atoms with Crippen LogP contribution in [0.2, 0.25) is 0 Å². The fourth-order valence-corrected chi connectivity index (χ4v) is 1.49. The molecule has 0 bridgehead atoms. The Morgan fingerprint density at radius 2 is 2.17 bits per heavy atom. The van der Waals surface area contributed by atoms with E-state index in [4.69, 9.17) is 0 Å². The number of hydrogen-bond donors (Lipinski definition) is 1. The second kappa shape index (κ2) is 6.83. The van der Waals surface area contributed by atoms with Gasteiger partial charge in [0.15, 0.2) is 0 Å². The molecule has 18 heavy (non-hydrogen) atoms. The molecular formula is C15H15NOS. The number of allylic oxidation sites excluding steroid dienone is 2. The first kappa shape index (κ1) is 14.3. The maximum Gasteiger partial charge on any atom is 0.216 e. The molecule has 1 aromatic carbocycles. The molecule has 0 aliphatic carbocycles. The number of carbonyl (C=O) groups excluding carboxylic acids is 1. The van der Waals surface area contributed by atoms with Gasteiger partial charge in [-0.05, 0) is 25.5 Å². The minimum absolute atomic E-state index is 0.251. The van der Waals surface area contributed by atoms with Gasteiger partial charge in [-0.1, -0.05) is 30.0 Å². The van der Waals surface area contributed by atoms with Gasteiger partial charge in [0.1, 0.15) is 0 Å². The van der Waals surface area contributed by atoms with Crippen molar-refractivity contribution in [1.82, 2.24) is 0 Å². The van der Waals surface area contributed by atoms with E-state index in [9.17, 15) is 4.79 Å². The molecule has 0 amide bonds. The van der Waals surface area contributed by atoms with Gasteiger partial charge in [0.25, 0.3) is 0 Å². The van der Waals surface area contributed by atoms with E-state index < -0.39 is 0 Å². The lowest BCUT2D eigenvalue weighted by Crippen LogP contribution is -1.92. The molecule has 0 heterocycles. The molecule has 0 saturated heterocycles. The largest absolute Gasteiger partial charge is 0.295 e. The Labute approximate surface area is 113 Å². The number of thiol groups is 1. The minimum atomic E-state index is -0.251. The summed E-state index contributed by atoms with van der Waals surface area (Å²) >= 11 is 3.81. The maximum atomic E-state index is 11.2. The van der Waals surface area contributed by atoms with Crippen LogP contribution in [0.1, 0.15) is 28.4 Å². The van der Waals surface area contributed by atoms with E-state index in [0.29, 0.717) is 5.56 Å². The molecule has 0 radical (unpaired) electrons. The molecule has 0 aromatic heterocycles. The van der Waals surface area contributed by atoms with Gasteiger partial charge in [-0.15, -0.1) is 12.6 Å². The molecule has 1 aromatic rings. The molecule has 0 fully saturated rings. The lowest BCUT2D eigenvalue weighted by atomic mass is 10.1. The van der Waals surface area contributed by atoms with Crippen LogP contribution in [0.15, 0.2) is 34.8 Å². The van der Waals surface area contributed by atoms with E-state index in [1.807, 2.05) is 26.0 Å². The molecule has 0 saturated carbocycles. The smallest absolute Gasteiger partial charge is 0.216 e. The molecule has 92 valence electrons. The van der Waals surface area contributed by atoms with Gasteiger partial charge < -0.3 is 0 Å². The highest BCUT2D eigenvalue weighted by atomic mass is 32.1. The summed E-state index contributed by atoms with van der Waals surface area (Å²) in [7, 11) is 1.70. The molecule has 2 nitrogen and oxygen atoms in total. The summed E-state index contributed by atoms with van der Waals surface area (Å²) in [6, 6.07) is 5.38. The summed E-state index contributed by atoms with van der Waals surface area (Å²) in [4.78, 5) is 15.1. The highest BCUT2D eigenvalue weighted by Gasteiger charge is 2.02. The predicted molar refractivity (Wildman–Crippen MR) is 79.5 cm³/mol. The van der Waals surface area contributed by atoms with Crippen LogP contribution >= 0.6 is 12.6 Å². The van der Waals surface area contributed by atoms with Crippen molar-refractivity contribution in [1.29, 1.82) is 0 Å². The highest BCUT2D eigenvalue weighted by Crippen LogP contribution is 2.12. The lowest BCUT2D eigenvalue weighted by molar-refractivity contribution is 0.109. The number of nitrogens with zero attached hydrogens (tertiary/aromatic N) is 1.